The van der Waals surface area contributed by atoms with Gasteiger partial charge in [0.05, 0.1) is 19.3 Å². The van der Waals surface area contributed by atoms with Gasteiger partial charge in [-0.3, -0.25) is 24.7 Å². The Kier molecular flexibility index (Phi) is 5.30. The first kappa shape index (κ1) is 15.9. The molecule has 2 atom stereocenters. The lowest BCUT2D eigenvalue weighted by molar-refractivity contribution is -0.144. The van der Waals surface area contributed by atoms with Gasteiger partial charge >= 0.3 is 6.03 Å². The lowest BCUT2D eigenvalue weighted by Gasteiger charge is -2.37. The zero-order chi connectivity index (χ0) is 15.4. The first-order valence-corrected chi connectivity index (χ1v) is 7.52. The molecule has 21 heavy (non-hydrogen) atoms. The van der Waals surface area contributed by atoms with E-state index in [1.807, 2.05) is 13.8 Å². The summed E-state index contributed by atoms with van der Waals surface area (Å²) in [5.74, 6) is -1.58. The van der Waals surface area contributed by atoms with Gasteiger partial charge in [-0.05, 0) is 13.3 Å². The fraction of sp³-hybridized carbons (Fsp3) is 0.786. The Bertz CT molecular complexity index is 420. The summed E-state index contributed by atoms with van der Waals surface area (Å²) in [6.07, 6.45) is 1.20. The minimum absolute atomic E-state index is 0.261. The van der Waals surface area contributed by atoms with Gasteiger partial charge in [-0.2, -0.15) is 0 Å². The molecule has 2 aliphatic heterocycles. The van der Waals surface area contributed by atoms with Gasteiger partial charge in [0.15, 0.2) is 0 Å². The molecule has 0 bridgehead atoms. The quantitative estimate of drug-likeness (QED) is 0.734. The van der Waals surface area contributed by atoms with Gasteiger partial charge in [0.2, 0.25) is 11.8 Å². The number of urea groups is 1. The Labute approximate surface area is 124 Å². The van der Waals surface area contributed by atoms with Gasteiger partial charge in [-0.15, -0.1) is 0 Å². The van der Waals surface area contributed by atoms with E-state index in [4.69, 9.17) is 4.74 Å². The van der Waals surface area contributed by atoms with Gasteiger partial charge < -0.3 is 4.74 Å². The van der Waals surface area contributed by atoms with Crippen LogP contribution in [0.15, 0.2) is 0 Å². The third-order valence-electron chi connectivity index (χ3n) is 3.95. The molecular formula is C14H23N3O4. The van der Waals surface area contributed by atoms with Crippen molar-refractivity contribution in [3.05, 3.63) is 0 Å². The molecule has 2 rings (SSSR count). The Morgan fingerprint density at radius 2 is 1.95 bits per heavy atom. The number of ether oxygens (including phenoxy) is 1. The van der Waals surface area contributed by atoms with Crippen LogP contribution < -0.4 is 5.32 Å². The molecule has 2 unspecified atom stereocenters. The van der Waals surface area contributed by atoms with Crippen molar-refractivity contribution in [3.8, 4) is 0 Å². The Morgan fingerprint density at radius 1 is 1.29 bits per heavy atom. The summed E-state index contributed by atoms with van der Waals surface area (Å²) >= 11 is 0. The predicted molar refractivity (Wildman–Crippen MR) is 75.5 cm³/mol. The smallest absolute Gasteiger partial charge is 0.331 e. The summed E-state index contributed by atoms with van der Waals surface area (Å²) in [7, 11) is 0. The lowest BCUT2D eigenvalue weighted by Crippen LogP contribution is -2.62. The van der Waals surface area contributed by atoms with Crippen molar-refractivity contribution in [1.82, 2.24) is 15.1 Å². The van der Waals surface area contributed by atoms with Gasteiger partial charge in [0, 0.05) is 19.6 Å². The fourth-order valence-corrected chi connectivity index (χ4v) is 2.83. The molecule has 2 heterocycles. The summed E-state index contributed by atoms with van der Waals surface area (Å²) in [5, 5.41) is 2.30. The van der Waals surface area contributed by atoms with Gasteiger partial charge in [0.25, 0.3) is 0 Å². The first-order chi connectivity index (χ1) is 10.0. The first-order valence-electron chi connectivity index (χ1n) is 7.52. The van der Waals surface area contributed by atoms with Crippen molar-refractivity contribution >= 4 is 17.8 Å². The standard InChI is InChI=1S/C14H23N3O4/c1-3-4-11-12(18)15-14(20)17(13(11)19)10(2)9-16-5-7-21-8-6-16/h10-11H,3-9H2,1-2H3,(H,15,18,20). The number of nitrogens with one attached hydrogen (secondary N) is 1. The Morgan fingerprint density at radius 3 is 2.57 bits per heavy atom. The minimum Gasteiger partial charge on any atom is -0.379 e. The normalized spacial score (nSPS) is 25.9. The average molecular weight is 297 g/mol. The van der Waals surface area contributed by atoms with Crippen LogP contribution in [0.5, 0.6) is 0 Å². The zero-order valence-electron chi connectivity index (χ0n) is 12.6. The number of hydrogen-bond acceptors (Lipinski definition) is 5. The molecule has 0 aliphatic carbocycles. The molecule has 7 heteroatoms. The predicted octanol–water partition coefficient (Wildman–Crippen LogP) is 0.202. The van der Waals surface area contributed by atoms with Crippen molar-refractivity contribution in [2.45, 2.75) is 32.7 Å². The van der Waals surface area contributed by atoms with Crippen LogP contribution in [-0.4, -0.2) is 66.5 Å². The number of nitrogens with zero attached hydrogens (tertiary/aromatic N) is 2. The molecule has 0 spiro atoms. The topological polar surface area (TPSA) is 79.0 Å². The molecule has 2 saturated heterocycles. The van der Waals surface area contributed by atoms with Crippen LogP contribution in [-0.2, 0) is 14.3 Å². The average Bonchev–Trinajstić information content (AvgIpc) is 2.44. The number of amides is 4. The number of morpholine rings is 1. The van der Waals surface area contributed by atoms with Gasteiger partial charge in [0.1, 0.15) is 5.92 Å². The molecule has 7 nitrogen and oxygen atoms in total. The molecule has 0 aromatic rings. The number of carbonyl (C=O) groups is 3. The summed E-state index contributed by atoms with van der Waals surface area (Å²) in [6, 6.07) is -0.860. The van der Waals surface area contributed by atoms with E-state index in [0.717, 1.165) is 19.5 Å². The van der Waals surface area contributed by atoms with Crippen molar-refractivity contribution in [2.75, 3.05) is 32.8 Å². The monoisotopic (exact) mass is 297 g/mol. The largest absolute Gasteiger partial charge is 0.379 e. The Hall–Kier alpha value is -1.47. The van der Waals surface area contributed by atoms with Gasteiger partial charge in [-0.1, -0.05) is 13.3 Å². The molecule has 4 amide bonds. The highest BCUT2D eigenvalue weighted by molar-refractivity contribution is 6.16. The lowest BCUT2D eigenvalue weighted by atomic mass is 9.98. The second-order valence-corrected chi connectivity index (χ2v) is 5.61. The Balaban J connectivity index is 2.03. The molecule has 118 valence electrons. The maximum atomic E-state index is 12.4. The summed E-state index contributed by atoms with van der Waals surface area (Å²) < 4.78 is 5.29. The van der Waals surface area contributed by atoms with Gasteiger partial charge in [-0.25, -0.2) is 4.79 Å². The molecule has 2 fully saturated rings. The van der Waals surface area contributed by atoms with Crippen LogP contribution in [0.4, 0.5) is 4.79 Å². The zero-order valence-corrected chi connectivity index (χ0v) is 12.6. The van der Waals surface area contributed by atoms with E-state index in [9.17, 15) is 14.4 Å². The van der Waals surface area contributed by atoms with E-state index in [1.165, 1.54) is 4.90 Å². The number of rotatable bonds is 5. The van der Waals surface area contributed by atoms with Crippen molar-refractivity contribution < 1.29 is 19.1 Å². The number of barbiturate groups is 1. The third kappa shape index (κ3) is 3.59. The van der Waals surface area contributed by atoms with Crippen LogP contribution >= 0.6 is 0 Å². The maximum Gasteiger partial charge on any atom is 0.331 e. The highest BCUT2D eigenvalue weighted by Crippen LogP contribution is 2.18. The molecule has 0 saturated carbocycles. The van der Waals surface area contributed by atoms with E-state index >= 15 is 0 Å². The number of imide groups is 2. The second-order valence-electron chi connectivity index (χ2n) is 5.61. The third-order valence-corrected chi connectivity index (χ3v) is 3.95. The molecule has 0 radical (unpaired) electrons. The molecule has 0 aromatic heterocycles. The van der Waals surface area contributed by atoms with E-state index in [0.29, 0.717) is 26.2 Å². The second kappa shape index (κ2) is 7.00. The molecular weight excluding hydrogens is 274 g/mol. The minimum atomic E-state index is -0.736. The van der Waals surface area contributed by atoms with E-state index in [1.54, 1.807) is 0 Å². The van der Waals surface area contributed by atoms with E-state index in [2.05, 4.69) is 10.2 Å². The maximum absolute atomic E-state index is 12.4. The highest BCUT2D eigenvalue weighted by Gasteiger charge is 2.42. The molecule has 1 N–H and O–H groups in total. The number of carbonyl (C=O) groups excluding carboxylic acids is 3. The summed E-state index contributed by atoms with van der Waals surface area (Å²) in [5.41, 5.74) is 0. The SMILES string of the molecule is CCCC1C(=O)NC(=O)N(C(C)CN2CCOCC2)C1=O. The molecule has 0 aromatic carbocycles. The molecule has 2 aliphatic rings. The van der Waals surface area contributed by atoms with E-state index < -0.39 is 17.9 Å². The van der Waals surface area contributed by atoms with Crippen LogP contribution in [0.25, 0.3) is 0 Å². The number of hydrogen-bond donors (Lipinski definition) is 1. The van der Waals surface area contributed by atoms with Crippen molar-refractivity contribution in [3.63, 3.8) is 0 Å². The van der Waals surface area contributed by atoms with Crippen LogP contribution in [0.2, 0.25) is 0 Å². The summed E-state index contributed by atoms with van der Waals surface area (Å²) in [4.78, 5) is 39.5. The van der Waals surface area contributed by atoms with Crippen molar-refractivity contribution in [2.24, 2.45) is 5.92 Å². The van der Waals surface area contributed by atoms with Crippen LogP contribution in [0.1, 0.15) is 26.7 Å². The fourth-order valence-electron chi connectivity index (χ4n) is 2.83. The highest BCUT2D eigenvalue weighted by atomic mass is 16.5. The summed E-state index contributed by atoms with van der Waals surface area (Å²) in [6.45, 7) is 7.30. The van der Waals surface area contributed by atoms with E-state index in [-0.39, 0.29) is 11.9 Å². The van der Waals surface area contributed by atoms with Crippen molar-refractivity contribution in [1.29, 1.82) is 0 Å². The van der Waals surface area contributed by atoms with Crippen LogP contribution in [0, 0.1) is 5.92 Å². The van der Waals surface area contributed by atoms with Crippen LogP contribution in [0.3, 0.4) is 0 Å².